The molecule has 3 saturated heterocycles. The van der Waals surface area contributed by atoms with Crippen LogP contribution >= 0.6 is 0 Å². The molecule has 0 saturated carbocycles. The van der Waals surface area contributed by atoms with Crippen molar-refractivity contribution in [1.82, 2.24) is 19.9 Å². The Morgan fingerprint density at radius 2 is 1.85 bits per heavy atom. The first kappa shape index (κ1) is 33.2. The highest BCUT2D eigenvalue weighted by atomic mass is 19.1. The number of hydrogen-bond acceptors (Lipinski definition) is 9. The first-order valence-electron chi connectivity index (χ1n) is 18.2. The van der Waals surface area contributed by atoms with Crippen LogP contribution < -0.4 is 19.1 Å². The summed E-state index contributed by atoms with van der Waals surface area (Å²) in [7, 11) is 0. The van der Waals surface area contributed by atoms with E-state index in [4.69, 9.17) is 23.9 Å². The number of halogens is 3. The van der Waals surface area contributed by atoms with Crippen LogP contribution in [0.15, 0.2) is 60.8 Å². The zero-order valence-electron chi connectivity index (χ0n) is 28.8. The minimum Gasteiger partial charge on any atom is -0.489 e. The van der Waals surface area contributed by atoms with Crippen molar-refractivity contribution in [2.75, 3.05) is 50.9 Å². The number of hydrogen-bond donors (Lipinski definition) is 0. The third kappa shape index (κ3) is 6.15. The fraction of sp³-hybridized carbons (Fsp3) is 0.425. The van der Waals surface area contributed by atoms with Crippen LogP contribution in [0, 0.1) is 11.6 Å². The molecule has 6 bridgehead atoms. The van der Waals surface area contributed by atoms with E-state index in [-0.39, 0.29) is 55.5 Å². The van der Waals surface area contributed by atoms with Crippen LogP contribution in [0.4, 0.5) is 19.0 Å². The molecule has 270 valence electrons. The second kappa shape index (κ2) is 13.7. The average molecular weight is 712 g/mol. The molecule has 52 heavy (non-hydrogen) atoms. The van der Waals surface area contributed by atoms with Gasteiger partial charge in [0.2, 0.25) is 0 Å². The summed E-state index contributed by atoms with van der Waals surface area (Å²) in [6, 6.07) is 16.2. The van der Waals surface area contributed by atoms with E-state index in [2.05, 4.69) is 19.8 Å². The highest BCUT2D eigenvalue weighted by Crippen LogP contribution is 2.43. The predicted molar refractivity (Wildman–Crippen MR) is 191 cm³/mol. The van der Waals surface area contributed by atoms with Gasteiger partial charge in [0, 0.05) is 43.2 Å². The number of aromatic nitrogens is 3. The second-order valence-corrected chi connectivity index (χ2v) is 14.4. The lowest BCUT2D eigenvalue weighted by molar-refractivity contribution is 0.0344. The number of rotatable bonds is 6. The number of nitrogens with zero attached hydrogens (tertiary/aromatic N) is 5. The number of fused-ring (bicyclic) bond motifs is 5. The predicted octanol–water partition coefficient (Wildman–Crippen LogP) is 7.43. The largest absolute Gasteiger partial charge is 0.489 e. The van der Waals surface area contributed by atoms with Crippen LogP contribution in [0.1, 0.15) is 44.1 Å². The Hall–Kier alpha value is -4.68. The van der Waals surface area contributed by atoms with E-state index in [9.17, 15) is 4.39 Å². The number of alkyl halides is 1. The highest BCUT2D eigenvalue weighted by Gasteiger charge is 2.49. The summed E-state index contributed by atoms with van der Waals surface area (Å²) in [4.78, 5) is 18.5. The van der Waals surface area contributed by atoms with Gasteiger partial charge in [-0.25, -0.2) is 13.2 Å². The lowest BCUT2D eigenvalue weighted by atomic mass is 9.95. The maximum atomic E-state index is 17.3. The van der Waals surface area contributed by atoms with Crippen LogP contribution in [-0.4, -0.2) is 83.7 Å². The Balaban J connectivity index is 1.20. The first-order chi connectivity index (χ1) is 25.4. The van der Waals surface area contributed by atoms with Gasteiger partial charge < -0.3 is 23.8 Å². The number of benzene rings is 3. The van der Waals surface area contributed by atoms with Crippen molar-refractivity contribution in [1.29, 1.82) is 0 Å². The molecule has 9 nitrogen and oxygen atoms in total. The van der Waals surface area contributed by atoms with E-state index in [0.717, 1.165) is 44.2 Å². The van der Waals surface area contributed by atoms with Crippen LogP contribution in [0.5, 0.6) is 17.5 Å². The first-order valence-corrected chi connectivity index (χ1v) is 18.2. The summed E-state index contributed by atoms with van der Waals surface area (Å²) in [5.41, 5.74) is 0.811. The van der Waals surface area contributed by atoms with Crippen molar-refractivity contribution in [2.45, 2.75) is 62.9 Å². The van der Waals surface area contributed by atoms with Gasteiger partial charge in [-0.3, -0.25) is 9.88 Å². The summed E-state index contributed by atoms with van der Waals surface area (Å²) in [6.07, 6.45) is 5.31. The van der Waals surface area contributed by atoms with E-state index in [1.165, 1.54) is 6.07 Å². The molecule has 3 aromatic carbocycles. The van der Waals surface area contributed by atoms with Crippen LogP contribution in [0.3, 0.4) is 0 Å². The molecule has 3 atom stereocenters. The van der Waals surface area contributed by atoms with Crippen molar-refractivity contribution in [3.8, 4) is 28.8 Å². The van der Waals surface area contributed by atoms with Gasteiger partial charge in [-0.2, -0.15) is 9.97 Å². The summed E-state index contributed by atoms with van der Waals surface area (Å²) >= 11 is 0. The highest BCUT2D eigenvalue weighted by molar-refractivity contribution is 6.03. The molecule has 5 aromatic rings. The van der Waals surface area contributed by atoms with E-state index in [1.807, 2.05) is 30.3 Å². The normalized spacial score (nSPS) is 23.3. The molecule has 5 aliphatic heterocycles. The van der Waals surface area contributed by atoms with E-state index < -0.39 is 23.3 Å². The minimum atomic E-state index is -0.916. The Bertz CT molecular complexity index is 2120. The molecule has 3 fully saturated rings. The van der Waals surface area contributed by atoms with Crippen molar-refractivity contribution in [3.05, 3.63) is 78.0 Å². The topological polar surface area (TPSA) is 82.1 Å². The Kier molecular flexibility index (Phi) is 8.74. The van der Waals surface area contributed by atoms with Gasteiger partial charge in [0.05, 0.1) is 23.6 Å². The van der Waals surface area contributed by atoms with E-state index in [0.29, 0.717) is 59.3 Å². The molecule has 0 aliphatic carbocycles. The molecular formula is C40H40F3N5O4. The fourth-order valence-corrected chi connectivity index (χ4v) is 8.48. The molecule has 12 heteroatoms. The quantitative estimate of drug-likeness (QED) is 0.179. The SMILES string of the molecule is Fc1ccc2cc(OCc3ccccc3)cc3c2c1OCCO[C@@H]1CCCCN(C1)c1nc(OC[C@@]24CCCN2C[C@H](F)C4)nc2c(F)c-3ncc12. The second-order valence-electron chi connectivity index (χ2n) is 14.4. The van der Waals surface area contributed by atoms with Gasteiger partial charge >= 0.3 is 6.01 Å². The van der Waals surface area contributed by atoms with Crippen molar-refractivity contribution >= 4 is 27.5 Å². The molecule has 0 unspecified atom stereocenters. The number of ether oxygens (including phenoxy) is 4. The van der Waals surface area contributed by atoms with Crippen molar-refractivity contribution in [2.24, 2.45) is 0 Å². The third-order valence-corrected chi connectivity index (χ3v) is 11.0. The minimum absolute atomic E-state index is 0.0140. The standard InChI is InChI=1S/C40H40F3N5O4/c41-27-19-40(12-6-14-48(40)21-27)24-52-39-45-36-31-20-44-35(34(36)43)30-18-29(51-23-25-7-2-1-3-8-25)17-26-10-11-32(42)37(33(26)30)50-16-15-49-28-9-4-5-13-47(22-28)38(31)46-39/h1-3,7-8,10-11,17-18,20,27-28H,4-6,9,12-16,19,21-24H2/t27-,28-,40+/m1/s1. The van der Waals surface area contributed by atoms with Crippen LogP contribution in [-0.2, 0) is 11.3 Å². The van der Waals surface area contributed by atoms with Crippen LogP contribution in [0.25, 0.3) is 32.9 Å². The van der Waals surface area contributed by atoms with Gasteiger partial charge in [-0.15, -0.1) is 0 Å². The average Bonchev–Trinajstić information content (AvgIpc) is 3.57. The summed E-state index contributed by atoms with van der Waals surface area (Å²) < 4.78 is 72.6. The number of anilines is 1. The zero-order chi connectivity index (χ0) is 35.2. The molecule has 0 spiro atoms. The Labute approximate surface area is 299 Å². The fourth-order valence-electron chi connectivity index (χ4n) is 8.48. The van der Waals surface area contributed by atoms with Crippen molar-refractivity contribution < 1.29 is 32.1 Å². The molecule has 7 heterocycles. The molecule has 0 radical (unpaired) electrons. The van der Waals surface area contributed by atoms with Gasteiger partial charge in [0.25, 0.3) is 0 Å². The molecule has 0 amide bonds. The van der Waals surface area contributed by atoms with Crippen molar-refractivity contribution in [3.63, 3.8) is 0 Å². The van der Waals surface area contributed by atoms with E-state index >= 15 is 8.78 Å². The Morgan fingerprint density at radius 3 is 2.75 bits per heavy atom. The Morgan fingerprint density at radius 1 is 0.942 bits per heavy atom. The summed E-state index contributed by atoms with van der Waals surface area (Å²) in [5.74, 6) is -0.337. The molecule has 5 aliphatic rings. The van der Waals surface area contributed by atoms with Gasteiger partial charge in [-0.05, 0) is 67.8 Å². The van der Waals surface area contributed by atoms with Gasteiger partial charge in [-0.1, -0.05) is 36.4 Å². The molecule has 10 rings (SSSR count). The summed E-state index contributed by atoms with van der Waals surface area (Å²) in [6.45, 7) is 3.19. The monoisotopic (exact) mass is 711 g/mol. The lowest BCUT2D eigenvalue weighted by Crippen LogP contribution is -2.43. The lowest BCUT2D eigenvalue weighted by Gasteiger charge is -2.31. The van der Waals surface area contributed by atoms with Gasteiger partial charge in [0.15, 0.2) is 17.4 Å². The zero-order valence-corrected chi connectivity index (χ0v) is 28.8. The number of pyridine rings is 1. The summed E-state index contributed by atoms with van der Waals surface area (Å²) in [5, 5.41) is 1.38. The van der Waals surface area contributed by atoms with Crippen LogP contribution in [0.2, 0.25) is 0 Å². The molecular weight excluding hydrogens is 671 g/mol. The molecule has 0 N–H and O–H groups in total. The molecule has 2 aromatic heterocycles. The smallest absolute Gasteiger partial charge is 0.319 e. The van der Waals surface area contributed by atoms with E-state index in [1.54, 1.807) is 24.4 Å². The maximum absolute atomic E-state index is 17.3. The van der Waals surface area contributed by atoms with Gasteiger partial charge in [0.1, 0.15) is 48.8 Å². The third-order valence-electron chi connectivity index (χ3n) is 11.0. The maximum Gasteiger partial charge on any atom is 0.319 e.